The average molecular weight is 221 g/mol. The average Bonchev–Trinajstić information content (AvgIpc) is 2.70. The number of likely N-dealkylation sites (tertiary alicyclic amines) is 1. The van der Waals surface area contributed by atoms with Gasteiger partial charge in [-0.15, -0.1) is 0 Å². The molecule has 1 saturated heterocycles. The zero-order valence-corrected chi connectivity index (χ0v) is 9.21. The van der Waals surface area contributed by atoms with Crippen molar-refractivity contribution < 1.29 is 9.90 Å². The normalized spacial score (nSPS) is 24.8. The Morgan fingerprint density at radius 3 is 3.06 bits per heavy atom. The van der Waals surface area contributed by atoms with E-state index in [1.165, 1.54) is 18.6 Å². The molecule has 2 atom stereocenters. The molecular weight excluding hydrogens is 206 g/mol. The van der Waals surface area contributed by atoms with Crippen molar-refractivity contribution in [2.24, 2.45) is 5.92 Å². The van der Waals surface area contributed by atoms with Crippen molar-refractivity contribution >= 4 is 5.91 Å². The third-order valence-electron chi connectivity index (χ3n) is 3.11. The summed E-state index contributed by atoms with van der Waals surface area (Å²) in [5.41, 5.74) is 0.343. The molecule has 0 spiro atoms. The predicted molar refractivity (Wildman–Crippen MR) is 57.7 cm³/mol. The summed E-state index contributed by atoms with van der Waals surface area (Å²) in [4.78, 5) is 21.6. The number of carbonyl (C=O) groups excluding carboxylic acids is 1. The molecule has 1 amide bonds. The van der Waals surface area contributed by atoms with Crippen LogP contribution in [0.1, 0.15) is 23.8 Å². The molecule has 0 aromatic carbocycles. The minimum atomic E-state index is -0.142. The van der Waals surface area contributed by atoms with Crippen molar-refractivity contribution in [3.05, 3.63) is 24.3 Å². The van der Waals surface area contributed by atoms with E-state index in [1.807, 2.05) is 6.92 Å². The van der Waals surface area contributed by atoms with Gasteiger partial charge in [-0.2, -0.15) is 0 Å². The number of aromatic nitrogens is 2. The van der Waals surface area contributed by atoms with Crippen molar-refractivity contribution in [1.82, 2.24) is 14.9 Å². The van der Waals surface area contributed by atoms with Gasteiger partial charge < -0.3 is 10.0 Å². The van der Waals surface area contributed by atoms with Gasteiger partial charge in [-0.25, -0.2) is 4.98 Å². The van der Waals surface area contributed by atoms with Gasteiger partial charge in [0.25, 0.3) is 5.91 Å². The van der Waals surface area contributed by atoms with Crippen LogP contribution in [-0.4, -0.2) is 45.1 Å². The number of amides is 1. The summed E-state index contributed by atoms with van der Waals surface area (Å²) in [6.45, 7) is 2.74. The molecule has 2 rings (SSSR count). The largest absolute Gasteiger partial charge is 0.394 e. The smallest absolute Gasteiger partial charge is 0.274 e. The SMILES string of the molecule is CC1CCN(C(=O)c2cnccn2)C1CO. The molecule has 1 aromatic heterocycles. The summed E-state index contributed by atoms with van der Waals surface area (Å²) in [5.74, 6) is 0.196. The van der Waals surface area contributed by atoms with E-state index < -0.39 is 0 Å². The fraction of sp³-hybridized carbons (Fsp3) is 0.545. The van der Waals surface area contributed by atoms with Gasteiger partial charge in [-0.3, -0.25) is 9.78 Å². The molecule has 0 bridgehead atoms. The van der Waals surface area contributed by atoms with Crippen LogP contribution in [0.5, 0.6) is 0 Å². The fourth-order valence-corrected chi connectivity index (χ4v) is 2.10. The number of hydrogen-bond donors (Lipinski definition) is 1. The van der Waals surface area contributed by atoms with E-state index >= 15 is 0 Å². The first-order chi connectivity index (χ1) is 7.74. The summed E-state index contributed by atoms with van der Waals surface area (Å²) < 4.78 is 0. The van der Waals surface area contributed by atoms with E-state index in [0.29, 0.717) is 18.2 Å². The zero-order chi connectivity index (χ0) is 11.5. The quantitative estimate of drug-likeness (QED) is 0.781. The molecule has 1 aliphatic rings. The first-order valence-electron chi connectivity index (χ1n) is 5.42. The number of carbonyl (C=O) groups is 1. The minimum absolute atomic E-state index is 0.00711. The van der Waals surface area contributed by atoms with Crippen molar-refractivity contribution in [2.45, 2.75) is 19.4 Å². The third-order valence-corrected chi connectivity index (χ3v) is 3.11. The molecule has 86 valence electrons. The molecule has 2 heterocycles. The Morgan fingerprint density at radius 2 is 2.44 bits per heavy atom. The van der Waals surface area contributed by atoms with Crippen LogP contribution in [0.3, 0.4) is 0 Å². The second kappa shape index (κ2) is 4.57. The van der Waals surface area contributed by atoms with Crippen molar-refractivity contribution in [3.63, 3.8) is 0 Å². The third kappa shape index (κ3) is 1.90. The van der Waals surface area contributed by atoms with Crippen LogP contribution < -0.4 is 0 Å². The molecule has 16 heavy (non-hydrogen) atoms. The summed E-state index contributed by atoms with van der Waals surface area (Å²) >= 11 is 0. The summed E-state index contributed by atoms with van der Waals surface area (Å²) in [5, 5.41) is 9.27. The first-order valence-corrected chi connectivity index (χ1v) is 5.42. The van der Waals surface area contributed by atoms with Gasteiger partial charge in [-0.05, 0) is 12.3 Å². The number of aliphatic hydroxyl groups excluding tert-OH is 1. The molecule has 1 N–H and O–H groups in total. The Balaban J connectivity index is 2.17. The maximum atomic E-state index is 12.1. The van der Waals surface area contributed by atoms with Gasteiger partial charge in [0.2, 0.25) is 0 Å². The molecule has 0 radical (unpaired) electrons. The Hall–Kier alpha value is -1.49. The van der Waals surface area contributed by atoms with Crippen LogP contribution in [0.15, 0.2) is 18.6 Å². The second-order valence-corrected chi connectivity index (χ2v) is 4.11. The Labute approximate surface area is 94.1 Å². The van der Waals surface area contributed by atoms with Gasteiger partial charge in [0.1, 0.15) is 5.69 Å². The number of nitrogens with zero attached hydrogens (tertiary/aromatic N) is 3. The Morgan fingerprint density at radius 1 is 1.62 bits per heavy atom. The Kier molecular flexibility index (Phi) is 3.14. The number of rotatable bonds is 2. The van der Waals surface area contributed by atoms with Crippen molar-refractivity contribution in [2.75, 3.05) is 13.2 Å². The van der Waals surface area contributed by atoms with E-state index in [2.05, 4.69) is 9.97 Å². The molecule has 1 aliphatic heterocycles. The van der Waals surface area contributed by atoms with Gasteiger partial charge in [0.05, 0.1) is 18.8 Å². The van der Waals surface area contributed by atoms with Gasteiger partial charge in [0.15, 0.2) is 0 Å². The lowest BCUT2D eigenvalue weighted by atomic mass is 10.0. The van der Waals surface area contributed by atoms with Crippen LogP contribution in [0.25, 0.3) is 0 Å². The zero-order valence-electron chi connectivity index (χ0n) is 9.21. The van der Waals surface area contributed by atoms with E-state index in [9.17, 15) is 9.90 Å². The maximum Gasteiger partial charge on any atom is 0.274 e. The predicted octanol–water partition coefficient (Wildman–Crippen LogP) is 0.319. The monoisotopic (exact) mass is 221 g/mol. The summed E-state index contributed by atoms with van der Waals surface area (Å²) in [6, 6.07) is -0.0884. The lowest BCUT2D eigenvalue weighted by molar-refractivity contribution is 0.0642. The van der Waals surface area contributed by atoms with Crippen molar-refractivity contribution in [1.29, 1.82) is 0 Å². The second-order valence-electron chi connectivity index (χ2n) is 4.11. The van der Waals surface area contributed by atoms with Gasteiger partial charge in [-0.1, -0.05) is 6.92 Å². The van der Waals surface area contributed by atoms with Gasteiger partial charge >= 0.3 is 0 Å². The highest BCUT2D eigenvalue weighted by atomic mass is 16.3. The summed E-state index contributed by atoms with van der Waals surface area (Å²) in [7, 11) is 0. The molecule has 5 nitrogen and oxygen atoms in total. The molecule has 0 saturated carbocycles. The maximum absolute atomic E-state index is 12.1. The van der Waals surface area contributed by atoms with E-state index in [4.69, 9.17) is 0 Å². The molecule has 1 fully saturated rings. The van der Waals surface area contributed by atoms with Gasteiger partial charge in [0, 0.05) is 18.9 Å². The molecule has 5 heteroatoms. The first kappa shape index (κ1) is 11.0. The van der Waals surface area contributed by atoms with Crippen LogP contribution >= 0.6 is 0 Å². The van der Waals surface area contributed by atoms with Crippen LogP contribution in [0, 0.1) is 5.92 Å². The standard InChI is InChI=1S/C11H15N3O2/c1-8-2-5-14(10(8)7-15)11(16)9-6-12-3-4-13-9/h3-4,6,8,10,15H,2,5,7H2,1H3. The van der Waals surface area contributed by atoms with Crippen LogP contribution in [0.2, 0.25) is 0 Å². The highest BCUT2D eigenvalue weighted by Gasteiger charge is 2.34. The lowest BCUT2D eigenvalue weighted by Gasteiger charge is -2.24. The van der Waals surface area contributed by atoms with E-state index in [0.717, 1.165) is 6.42 Å². The molecule has 0 aliphatic carbocycles. The van der Waals surface area contributed by atoms with Crippen molar-refractivity contribution in [3.8, 4) is 0 Å². The van der Waals surface area contributed by atoms with E-state index in [1.54, 1.807) is 4.90 Å². The topological polar surface area (TPSA) is 66.3 Å². The highest BCUT2D eigenvalue weighted by Crippen LogP contribution is 2.24. The fourth-order valence-electron chi connectivity index (χ4n) is 2.10. The van der Waals surface area contributed by atoms with E-state index in [-0.39, 0.29) is 18.6 Å². The molecule has 2 unspecified atom stereocenters. The number of aliphatic hydroxyl groups is 1. The summed E-state index contributed by atoms with van der Waals surface area (Å²) in [6.07, 6.45) is 5.42. The van der Waals surface area contributed by atoms with Crippen LogP contribution in [-0.2, 0) is 0 Å². The minimum Gasteiger partial charge on any atom is -0.394 e. The highest BCUT2D eigenvalue weighted by molar-refractivity contribution is 5.92. The van der Waals surface area contributed by atoms with Crippen LogP contribution in [0.4, 0.5) is 0 Å². The lowest BCUT2D eigenvalue weighted by Crippen LogP contribution is -2.40. The Bertz CT molecular complexity index is 369. The number of hydrogen-bond acceptors (Lipinski definition) is 4. The molecule has 1 aromatic rings. The molecular formula is C11H15N3O2.